The van der Waals surface area contributed by atoms with E-state index in [1.807, 2.05) is 13.8 Å². The minimum atomic E-state index is -0.411. The monoisotopic (exact) mass is 264 g/mol. The van der Waals surface area contributed by atoms with Gasteiger partial charge in [-0.05, 0) is 45.4 Å². The lowest BCUT2D eigenvalue weighted by Gasteiger charge is -2.36. The van der Waals surface area contributed by atoms with Gasteiger partial charge in [-0.15, -0.1) is 0 Å². The van der Waals surface area contributed by atoms with Gasteiger partial charge in [-0.2, -0.15) is 5.10 Å². The van der Waals surface area contributed by atoms with Gasteiger partial charge in [-0.25, -0.2) is 0 Å². The van der Waals surface area contributed by atoms with Crippen molar-refractivity contribution in [3.63, 3.8) is 0 Å². The Labute approximate surface area is 114 Å². The molecule has 1 aliphatic carbocycles. The van der Waals surface area contributed by atoms with Crippen molar-refractivity contribution in [3.05, 3.63) is 11.3 Å². The van der Waals surface area contributed by atoms with Gasteiger partial charge in [0.1, 0.15) is 0 Å². The number of aryl methyl sites for hydroxylation is 1. The van der Waals surface area contributed by atoms with E-state index in [1.165, 1.54) is 0 Å². The molecule has 0 spiro atoms. The van der Waals surface area contributed by atoms with E-state index in [0.29, 0.717) is 18.3 Å². The lowest BCUT2D eigenvalue weighted by atomic mass is 9.70. The summed E-state index contributed by atoms with van der Waals surface area (Å²) < 4.78 is 0. The molecule has 4 N–H and O–H groups in total. The number of nitrogens with zero attached hydrogens (tertiary/aromatic N) is 1. The second-order valence-corrected chi connectivity index (χ2v) is 5.94. The molecule has 0 unspecified atom stereocenters. The van der Waals surface area contributed by atoms with Crippen LogP contribution in [0.15, 0.2) is 0 Å². The van der Waals surface area contributed by atoms with Gasteiger partial charge in [0, 0.05) is 17.8 Å². The molecule has 19 heavy (non-hydrogen) atoms. The van der Waals surface area contributed by atoms with E-state index in [1.54, 1.807) is 0 Å². The van der Waals surface area contributed by atoms with Gasteiger partial charge < -0.3 is 11.1 Å². The number of carbonyl (C=O) groups is 1. The zero-order valence-electron chi connectivity index (χ0n) is 12.0. The Bertz CT molecular complexity index is 458. The van der Waals surface area contributed by atoms with Crippen LogP contribution in [0.2, 0.25) is 0 Å². The summed E-state index contributed by atoms with van der Waals surface area (Å²) in [6.45, 7) is 6.54. The van der Waals surface area contributed by atoms with Crippen LogP contribution in [0.5, 0.6) is 0 Å². The summed E-state index contributed by atoms with van der Waals surface area (Å²) in [7, 11) is 0. The van der Waals surface area contributed by atoms with Crippen LogP contribution in [-0.2, 0) is 4.79 Å². The van der Waals surface area contributed by atoms with Gasteiger partial charge in [0.15, 0.2) is 5.82 Å². The molecule has 1 amide bonds. The quantitative estimate of drug-likeness (QED) is 0.782. The van der Waals surface area contributed by atoms with E-state index in [4.69, 9.17) is 5.73 Å². The van der Waals surface area contributed by atoms with Crippen LogP contribution in [-0.4, -0.2) is 22.6 Å². The van der Waals surface area contributed by atoms with Crippen LogP contribution in [0.1, 0.15) is 43.9 Å². The Morgan fingerprint density at radius 1 is 1.47 bits per heavy atom. The molecule has 0 saturated heterocycles. The Balaban J connectivity index is 2.11. The van der Waals surface area contributed by atoms with Crippen molar-refractivity contribution >= 4 is 11.7 Å². The fourth-order valence-electron chi connectivity index (χ4n) is 2.69. The molecule has 0 radical (unpaired) electrons. The van der Waals surface area contributed by atoms with E-state index in [2.05, 4.69) is 22.4 Å². The number of nitrogens with one attached hydrogen (secondary N) is 2. The van der Waals surface area contributed by atoms with Gasteiger partial charge in [-0.3, -0.25) is 9.89 Å². The SMILES string of the molecule is Cc1[nH]nc(NC(=O)C2(CN)CCC(C)CC2)c1C. The predicted molar refractivity (Wildman–Crippen MR) is 75.8 cm³/mol. The van der Waals surface area contributed by atoms with Crippen LogP contribution in [0.4, 0.5) is 5.82 Å². The maximum atomic E-state index is 12.5. The number of hydrogen-bond acceptors (Lipinski definition) is 3. The molecule has 5 nitrogen and oxygen atoms in total. The van der Waals surface area contributed by atoms with Crippen LogP contribution in [0, 0.1) is 25.2 Å². The third-order valence-electron chi connectivity index (χ3n) is 4.59. The highest BCUT2D eigenvalue weighted by Gasteiger charge is 2.40. The molecular weight excluding hydrogens is 240 g/mol. The Morgan fingerprint density at radius 2 is 2.11 bits per heavy atom. The second kappa shape index (κ2) is 5.33. The summed E-state index contributed by atoms with van der Waals surface area (Å²) in [6, 6.07) is 0. The summed E-state index contributed by atoms with van der Waals surface area (Å²) in [5.74, 6) is 1.35. The van der Waals surface area contributed by atoms with Gasteiger partial charge in [-0.1, -0.05) is 6.92 Å². The van der Waals surface area contributed by atoms with Gasteiger partial charge in [0.05, 0.1) is 5.41 Å². The number of anilines is 1. The Hall–Kier alpha value is -1.36. The van der Waals surface area contributed by atoms with E-state index >= 15 is 0 Å². The number of aromatic amines is 1. The normalized spacial score (nSPS) is 27.3. The predicted octanol–water partition coefficient (Wildman–Crippen LogP) is 2.12. The standard InChI is InChI=1S/C14H24N4O/c1-9-4-6-14(8-15,7-5-9)13(19)16-12-10(2)11(3)17-18-12/h9H,4-8,15H2,1-3H3,(H2,16,17,18,19). The average Bonchev–Trinajstić information content (AvgIpc) is 2.72. The molecule has 1 aliphatic rings. The van der Waals surface area contributed by atoms with Crippen molar-refractivity contribution < 1.29 is 4.79 Å². The second-order valence-electron chi connectivity index (χ2n) is 5.94. The van der Waals surface area contributed by atoms with Crippen molar-refractivity contribution in [2.45, 2.75) is 46.5 Å². The highest BCUT2D eigenvalue weighted by atomic mass is 16.2. The number of amides is 1. The first-order valence-corrected chi connectivity index (χ1v) is 7.01. The first-order valence-electron chi connectivity index (χ1n) is 7.01. The topological polar surface area (TPSA) is 83.8 Å². The van der Waals surface area contributed by atoms with Crippen molar-refractivity contribution in [2.24, 2.45) is 17.1 Å². The minimum Gasteiger partial charge on any atom is -0.329 e. The molecule has 0 bridgehead atoms. The maximum Gasteiger partial charge on any atom is 0.233 e. The van der Waals surface area contributed by atoms with Crippen molar-refractivity contribution in [1.29, 1.82) is 0 Å². The highest BCUT2D eigenvalue weighted by molar-refractivity contribution is 5.95. The third-order valence-corrected chi connectivity index (χ3v) is 4.59. The molecule has 1 saturated carbocycles. The fraction of sp³-hybridized carbons (Fsp3) is 0.714. The molecule has 2 rings (SSSR count). The van der Waals surface area contributed by atoms with Crippen molar-refractivity contribution in [2.75, 3.05) is 11.9 Å². The van der Waals surface area contributed by atoms with Crippen LogP contribution < -0.4 is 11.1 Å². The van der Waals surface area contributed by atoms with Gasteiger partial charge >= 0.3 is 0 Å². The number of hydrogen-bond donors (Lipinski definition) is 3. The summed E-state index contributed by atoms with van der Waals surface area (Å²) in [5.41, 5.74) is 7.45. The van der Waals surface area contributed by atoms with Crippen molar-refractivity contribution in [1.82, 2.24) is 10.2 Å². The molecule has 1 aromatic heterocycles. The maximum absolute atomic E-state index is 12.5. The largest absolute Gasteiger partial charge is 0.329 e. The summed E-state index contributed by atoms with van der Waals surface area (Å²) in [5, 5.41) is 9.97. The Kier molecular flexibility index (Phi) is 3.94. The molecule has 0 atom stereocenters. The molecule has 1 aromatic rings. The number of H-pyrrole nitrogens is 1. The fourth-order valence-corrected chi connectivity index (χ4v) is 2.69. The van der Waals surface area contributed by atoms with Crippen LogP contribution >= 0.6 is 0 Å². The first kappa shape index (κ1) is 14.1. The molecule has 106 valence electrons. The minimum absolute atomic E-state index is 0.0245. The lowest BCUT2D eigenvalue weighted by Crippen LogP contribution is -2.45. The van der Waals surface area contributed by atoms with E-state index in [9.17, 15) is 4.79 Å². The van der Waals surface area contributed by atoms with E-state index in [-0.39, 0.29) is 5.91 Å². The molecule has 1 heterocycles. The number of aromatic nitrogens is 2. The summed E-state index contributed by atoms with van der Waals surface area (Å²) in [6.07, 6.45) is 3.89. The number of carbonyl (C=O) groups excluding carboxylic acids is 1. The molecule has 5 heteroatoms. The zero-order chi connectivity index (χ0) is 14.0. The third kappa shape index (κ3) is 2.66. The van der Waals surface area contributed by atoms with Crippen LogP contribution in [0.25, 0.3) is 0 Å². The number of nitrogens with two attached hydrogens (primary N) is 1. The van der Waals surface area contributed by atoms with Gasteiger partial charge in [0.2, 0.25) is 5.91 Å². The first-order chi connectivity index (χ1) is 8.98. The molecule has 0 aliphatic heterocycles. The Morgan fingerprint density at radius 3 is 2.58 bits per heavy atom. The van der Waals surface area contributed by atoms with Crippen molar-refractivity contribution in [3.8, 4) is 0 Å². The van der Waals surface area contributed by atoms with Gasteiger partial charge in [0.25, 0.3) is 0 Å². The van der Waals surface area contributed by atoms with E-state index < -0.39 is 5.41 Å². The average molecular weight is 264 g/mol. The van der Waals surface area contributed by atoms with Crippen LogP contribution in [0.3, 0.4) is 0 Å². The zero-order valence-corrected chi connectivity index (χ0v) is 12.0. The molecular formula is C14H24N4O. The highest BCUT2D eigenvalue weighted by Crippen LogP contribution is 2.39. The number of rotatable bonds is 3. The molecule has 0 aromatic carbocycles. The lowest BCUT2D eigenvalue weighted by molar-refractivity contribution is -0.127. The van der Waals surface area contributed by atoms with E-state index in [0.717, 1.165) is 36.9 Å². The summed E-state index contributed by atoms with van der Waals surface area (Å²) >= 11 is 0. The smallest absolute Gasteiger partial charge is 0.233 e. The molecule has 1 fully saturated rings. The summed E-state index contributed by atoms with van der Waals surface area (Å²) in [4.78, 5) is 12.5.